The van der Waals surface area contributed by atoms with Crippen molar-refractivity contribution in [3.05, 3.63) is 11.6 Å². The lowest BCUT2D eigenvalue weighted by atomic mass is 9.97. The monoisotopic (exact) mass is 180 g/mol. The normalized spacial score (nSPS) is 21.2. The summed E-state index contributed by atoms with van der Waals surface area (Å²) >= 11 is 0. The molecule has 0 atom stereocenters. The molecule has 1 nitrogen and oxygen atoms in total. The van der Waals surface area contributed by atoms with Gasteiger partial charge in [-0.25, -0.2) is 0 Å². The molecule has 0 aromatic rings. The summed E-state index contributed by atoms with van der Waals surface area (Å²) in [5.74, 6) is 0.683. The van der Waals surface area contributed by atoms with E-state index in [1.54, 1.807) is 0 Å². The summed E-state index contributed by atoms with van der Waals surface area (Å²) in [7, 11) is 0. The number of carbonyl (C=O) groups is 1. The van der Waals surface area contributed by atoms with Crippen molar-refractivity contribution in [3.63, 3.8) is 0 Å². The third-order valence-corrected chi connectivity index (χ3v) is 2.91. The zero-order chi connectivity index (χ0) is 9.52. The van der Waals surface area contributed by atoms with Crippen molar-refractivity contribution in [1.82, 2.24) is 0 Å². The highest BCUT2D eigenvalue weighted by molar-refractivity contribution is 5.72. The van der Waals surface area contributed by atoms with Crippen molar-refractivity contribution in [2.24, 2.45) is 5.92 Å². The highest BCUT2D eigenvalue weighted by Gasteiger charge is 2.09. The van der Waals surface area contributed by atoms with Gasteiger partial charge in [0.1, 0.15) is 6.29 Å². The Bertz CT molecular complexity index is 174. The van der Waals surface area contributed by atoms with Gasteiger partial charge >= 0.3 is 0 Å². The van der Waals surface area contributed by atoms with Gasteiger partial charge in [0.05, 0.1) is 0 Å². The average molecular weight is 180 g/mol. The first-order chi connectivity index (χ1) is 6.36. The summed E-state index contributed by atoms with van der Waals surface area (Å²) in [6.07, 6.45) is 12.1. The summed E-state index contributed by atoms with van der Waals surface area (Å²) in [6.45, 7) is 2.05. The van der Waals surface area contributed by atoms with E-state index in [1.807, 2.05) is 0 Å². The molecule has 0 aromatic heterocycles. The molecular weight excluding hydrogens is 160 g/mol. The number of carbonyl (C=O) groups excluding carboxylic acids is 1. The molecule has 0 saturated heterocycles. The van der Waals surface area contributed by atoms with Crippen molar-refractivity contribution < 1.29 is 4.79 Å². The molecule has 0 N–H and O–H groups in total. The van der Waals surface area contributed by atoms with Crippen molar-refractivity contribution in [2.75, 3.05) is 0 Å². The smallest absolute Gasteiger partial charge is 0.145 e. The minimum atomic E-state index is 0.683. The maximum absolute atomic E-state index is 10.6. The van der Waals surface area contributed by atoms with Crippen LogP contribution in [0.5, 0.6) is 0 Å². The quantitative estimate of drug-likeness (QED) is 0.369. The van der Waals surface area contributed by atoms with Gasteiger partial charge in [0.25, 0.3) is 0 Å². The maximum atomic E-state index is 10.6. The van der Waals surface area contributed by atoms with Crippen LogP contribution in [-0.4, -0.2) is 6.29 Å². The van der Waals surface area contributed by atoms with E-state index in [9.17, 15) is 4.79 Å². The van der Waals surface area contributed by atoms with Crippen LogP contribution in [0.25, 0.3) is 0 Å². The number of allylic oxidation sites excluding steroid dienone is 2. The first kappa shape index (κ1) is 10.5. The molecule has 0 unspecified atom stereocenters. The minimum Gasteiger partial charge on any atom is -0.298 e. The average Bonchev–Trinajstić information content (AvgIpc) is 2.42. The standard InChI is InChI=1S/C12H20O/c1-2-11(10-13)9-12-7-5-3-4-6-8-12/h9-10,12H,2-8H2,1H3. The van der Waals surface area contributed by atoms with E-state index < -0.39 is 0 Å². The molecule has 0 radical (unpaired) electrons. The molecule has 1 saturated carbocycles. The van der Waals surface area contributed by atoms with Crippen LogP contribution in [0, 0.1) is 5.92 Å². The second-order valence-electron chi connectivity index (χ2n) is 3.96. The number of hydrogen-bond acceptors (Lipinski definition) is 1. The second-order valence-corrected chi connectivity index (χ2v) is 3.96. The molecule has 0 heterocycles. The molecular formula is C12H20O. The van der Waals surface area contributed by atoms with Gasteiger partial charge in [-0.1, -0.05) is 38.7 Å². The molecule has 1 aliphatic carbocycles. The highest BCUT2D eigenvalue weighted by Crippen LogP contribution is 2.24. The molecule has 1 aliphatic rings. The maximum Gasteiger partial charge on any atom is 0.145 e. The van der Waals surface area contributed by atoms with E-state index in [0.29, 0.717) is 5.92 Å². The molecule has 1 rings (SSSR count). The molecule has 1 heteroatoms. The van der Waals surface area contributed by atoms with Gasteiger partial charge in [-0.05, 0) is 30.8 Å². The first-order valence-corrected chi connectivity index (χ1v) is 5.52. The number of hydrogen-bond donors (Lipinski definition) is 0. The molecule has 74 valence electrons. The Hall–Kier alpha value is -0.590. The summed E-state index contributed by atoms with van der Waals surface area (Å²) in [4.78, 5) is 10.6. The Balaban J connectivity index is 2.48. The van der Waals surface area contributed by atoms with Gasteiger partial charge < -0.3 is 0 Å². The van der Waals surface area contributed by atoms with Gasteiger partial charge in [-0.15, -0.1) is 0 Å². The summed E-state index contributed by atoms with van der Waals surface area (Å²) in [5, 5.41) is 0. The predicted octanol–water partition coefficient (Wildman–Crippen LogP) is 3.49. The van der Waals surface area contributed by atoms with Gasteiger partial charge in [0.2, 0.25) is 0 Å². The Kier molecular flexibility index (Phi) is 4.81. The highest BCUT2D eigenvalue weighted by atomic mass is 16.1. The topological polar surface area (TPSA) is 17.1 Å². The SMILES string of the molecule is CCC(C=O)=CC1CCCCCC1. The van der Waals surface area contributed by atoms with Gasteiger partial charge in [-0.2, -0.15) is 0 Å². The van der Waals surface area contributed by atoms with Crippen LogP contribution in [0.2, 0.25) is 0 Å². The van der Waals surface area contributed by atoms with E-state index in [-0.39, 0.29) is 0 Å². The van der Waals surface area contributed by atoms with E-state index in [0.717, 1.165) is 18.3 Å². The van der Waals surface area contributed by atoms with Crippen LogP contribution in [0.1, 0.15) is 51.9 Å². The van der Waals surface area contributed by atoms with Crippen LogP contribution in [-0.2, 0) is 4.79 Å². The van der Waals surface area contributed by atoms with E-state index in [2.05, 4.69) is 13.0 Å². The number of rotatable bonds is 3. The fourth-order valence-electron chi connectivity index (χ4n) is 2.02. The van der Waals surface area contributed by atoms with Gasteiger partial charge in [0.15, 0.2) is 0 Å². The third kappa shape index (κ3) is 3.75. The Labute approximate surface area is 81.2 Å². The zero-order valence-electron chi connectivity index (χ0n) is 8.59. The second kappa shape index (κ2) is 5.95. The van der Waals surface area contributed by atoms with Crippen molar-refractivity contribution in [1.29, 1.82) is 0 Å². The Morgan fingerprint density at radius 3 is 2.31 bits per heavy atom. The van der Waals surface area contributed by atoms with Crippen LogP contribution in [0.15, 0.2) is 11.6 Å². The van der Waals surface area contributed by atoms with Crippen LogP contribution >= 0.6 is 0 Å². The predicted molar refractivity (Wildman–Crippen MR) is 55.6 cm³/mol. The van der Waals surface area contributed by atoms with E-state index in [1.165, 1.54) is 38.5 Å². The Morgan fingerprint density at radius 2 is 1.85 bits per heavy atom. The molecule has 0 aliphatic heterocycles. The molecule has 0 aromatic carbocycles. The molecule has 13 heavy (non-hydrogen) atoms. The minimum absolute atomic E-state index is 0.683. The van der Waals surface area contributed by atoms with Crippen molar-refractivity contribution in [3.8, 4) is 0 Å². The van der Waals surface area contributed by atoms with E-state index >= 15 is 0 Å². The lowest BCUT2D eigenvalue weighted by Crippen LogP contribution is -1.96. The van der Waals surface area contributed by atoms with Gasteiger partial charge in [-0.3, -0.25) is 4.79 Å². The Morgan fingerprint density at radius 1 is 1.23 bits per heavy atom. The lowest BCUT2D eigenvalue weighted by molar-refractivity contribution is -0.105. The van der Waals surface area contributed by atoms with Crippen LogP contribution in [0.3, 0.4) is 0 Å². The van der Waals surface area contributed by atoms with Crippen molar-refractivity contribution >= 4 is 6.29 Å². The molecule has 0 spiro atoms. The molecule has 1 fully saturated rings. The fraction of sp³-hybridized carbons (Fsp3) is 0.750. The summed E-state index contributed by atoms with van der Waals surface area (Å²) in [5.41, 5.74) is 0.993. The number of aldehydes is 1. The van der Waals surface area contributed by atoms with Crippen LogP contribution < -0.4 is 0 Å². The van der Waals surface area contributed by atoms with Crippen molar-refractivity contribution in [2.45, 2.75) is 51.9 Å². The molecule has 0 bridgehead atoms. The zero-order valence-corrected chi connectivity index (χ0v) is 8.59. The first-order valence-electron chi connectivity index (χ1n) is 5.52. The van der Waals surface area contributed by atoms with E-state index in [4.69, 9.17) is 0 Å². The summed E-state index contributed by atoms with van der Waals surface area (Å²) < 4.78 is 0. The molecule has 0 amide bonds. The third-order valence-electron chi connectivity index (χ3n) is 2.91. The largest absolute Gasteiger partial charge is 0.298 e. The summed E-state index contributed by atoms with van der Waals surface area (Å²) in [6, 6.07) is 0. The van der Waals surface area contributed by atoms with Gasteiger partial charge in [0, 0.05) is 0 Å². The van der Waals surface area contributed by atoms with Crippen LogP contribution in [0.4, 0.5) is 0 Å². The lowest BCUT2D eigenvalue weighted by Gasteiger charge is -2.08. The fourth-order valence-corrected chi connectivity index (χ4v) is 2.02.